The van der Waals surface area contributed by atoms with Crippen LogP contribution in [0.25, 0.3) is 5.76 Å². The van der Waals surface area contributed by atoms with Gasteiger partial charge < -0.3 is 24.1 Å². The standard InChI is InChI=1S/C30H28N2O8S/c1-5-11-38-20-9-7-18(14-22(20)37-6-2)25-24(26(34)19-8-10-21-23(15-19)40-13-12-39-21)27(35)29(36)32(25)30-31-16(3)28(41-30)17(4)33/h5,7-10,14-15,25,34H,1,6,11-13H2,2-4H3/b26-24+/t25-/m0/s1. The quantitative estimate of drug-likeness (QED) is 0.123. The van der Waals surface area contributed by atoms with Gasteiger partial charge in [0.25, 0.3) is 5.78 Å². The molecule has 1 saturated heterocycles. The second-order valence-corrected chi connectivity index (χ2v) is 10.2. The van der Waals surface area contributed by atoms with Gasteiger partial charge in [-0.3, -0.25) is 19.3 Å². The van der Waals surface area contributed by atoms with Gasteiger partial charge in [0.1, 0.15) is 25.6 Å². The predicted octanol–water partition coefficient (Wildman–Crippen LogP) is 5.02. The van der Waals surface area contributed by atoms with E-state index in [4.69, 9.17) is 18.9 Å². The zero-order valence-electron chi connectivity index (χ0n) is 22.8. The number of aromatic nitrogens is 1. The highest BCUT2D eigenvalue weighted by molar-refractivity contribution is 7.18. The number of ketones is 2. The molecule has 0 spiro atoms. The Kier molecular flexibility index (Phi) is 7.80. The van der Waals surface area contributed by atoms with E-state index in [1.165, 1.54) is 11.8 Å². The molecule has 1 atom stereocenters. The first-order chi connectivity index (χ1) is 19.7. The molecule has 0 aliphatic carbocycles. The van der Waals surface area contributed by atoms with Gasteiger partial charge in [-0.15, -0.1) is 0 Å². The van der Waals surface area contributed by atoms with Gasteiger partial charge in [-0.2, -0.15) is 0 Å². The lowest BCUT2D eigenvalue weighted by Gasteiger charge is -2.24. The molecule has 2 aromatic carbocycles. The minimum Gasteiger partial charge on any atom is -0.507 e. The van der Waals surface area contributed by atoms with Crippen molar-refractivity contribution in [2.75, 3.05) is 31.3 Å². The van der Waals surface area contributed by atoms with Gasteiger partial charge >= 0.3 is 5.91 Å². The zero-order chi connectivity index (χ0) is 29.3. The number of rotatable bonds is 9. The molecule has 11 heteroatoms. The van der Waals surface area contributed by atoms with E-state index in [0.29, 0.717) is 59.0 Å². The number of aliphatic hydroxyl groups is 1. The highest BCUT2D eigenvalue weighted by atomic mass is 32.1. The fraction of sp³-hybridized carbons (Fsp3) is 0.267. The number of carbonyl (C=O) groups excluding carboxylic acids is 3. The van der Waals surface area contributed by atoms with Crippen molar-refractivity contribution in [2.24, 2.45) is 0 Å². The summed E-state index contributed by atoms with van der Waals surface area (Å²) in [6, 6.07) is 8.73. The van der Waals surface area contributed by atoms with E-state index in [9.17, 15) is 19.5 Å². The molecule has 3 heterocycles. The van der Waals surface area contributed by atoms with E-state index in [0.717, 1.165) is 11.3 Å². The van der Waals surface area contributed by atoms with Crippen LogP contribution in [0.2, 0.25) is 0 Å². The molecular formula is C30H28N2O8S. The number of hydrogen-bond donors (Lipinski definition) is 1. The molecule has 10 nitrogen and oxygen atoms in total. The Morgan fingerprint density at radius 1 is 1.15 bits per heavy atom. The fourth-order valence-corrected chi connectivity index (χ4v) is 5.72. The lowest BCUT2D eigenvalue weighted by molar-refractivity contribution is -0.132. The van der Waals surface area contributed by atoms with Crippen molar-refractivity contribution in [2.45, 2.75) is 26.8 Å². The number of amides is 1. The minimum atomic E-state index is -1.08. The summed E-state index contributed by atoms with van der Waals surface area (Å²) in [7, 11) is 0. The van der Waals surface area contributed by atoms with Crippen LogP contribution in [-0.2, 0) is 9.59 Å². The van der Waals surface area contributed by atoms with Crippen LogP contribution in [-0.4, -0.2) is 54.0 Å². The summed E-state index contributed by atoms with van der Waals surface area (Å²) in [6.07, 6.45) is 1.60. The Morgan fingerprint density at radius 2 is 1.90 bits per heavy atom. The summed E-state index contributed by atoms with van der Waals surface area (Å²) >= 11 is 1.01. The third-order valence-electron chi connectivity index (χ3n) is 6.51. The van der Waals surface area contributed by atoms with Crippen LogP contribution in [0.4, 0.5) is 5.13 Å². The summed E-state index contributed by atoms with van der Waals surface area (Å²) in [5, 5.41) is 11.7. The van der Waals surface area contributed by atoms with E-state index < -0.39 is 23.5 Å². The molecule has 2 aliphatic heterocycles. The van der Waals surface area contributed by atoms with E-state index in [1.54, 1.807) is 49.4 Å². The summed E-state index contributed by atoms with van der Waals surface area (Å²) in [5.74, 6) is -0.630. The number of anilines is 1. The van der Waals surface area contributed by atoms with E-state index in [2.05, 4.69) is 11.6 Å². The third kappa shape index (κ3) is 5.16. The first kappa shape index (κ1) is 27.9. The molecule has 0 bridgehead atoms. The van der Waals surface area contributed by atoms with Gasteiger partial charge in [0.15, 0.2) is 33.9 Å². The second kappa shape index (κ2) is 11.5. The van der Waals surface area contributed by atoms with Crippen molar-refractivity contribution in [1.82, 2.24) is 4.98 Å². The monoisotopic (exact) mass is 576 g/mol. The average Bonchev–Trinajstić information content (AvgIpc) is 3.48. The Labute approximate surface area is 240 Å². The Balaban J connectivity index is 1.70. The van der Waals surface area contributed by atoms with Crippen LogP contribution >= 0.6 is 11.3 Å². The second-order valence-electron chi connectivity index (χ2n) is 9.23. The van der Waals surface area contributed by atoms with E-state index >= 15 is 0 Å². The van der Waals surface area contributed by atoms with E-state index in [1.807, 2.05) is 6.92 Å². The molecule has 0 radical (unpaired) electrons. The first-order valence-electron chi connectivity index (χ1n) is 12.9. The topological polar surface area (TPSA) is 124 Å². The van der Waals surface area contributed by atoms with Gasteiger partial charge in [0.05, 0.1) is 28.8 Å². The number of aliphatic hydroxyl groups excluding tert-OH is 1. The highest BCUT2D eigenvalue weighted by Crippen LogP contribution is 2.46. The Hall–Kier alpha value is -4.64. The SMILES string of the molecule is C=CCOc1ccc([C@H]2/C(=C(\O)c3ccc4c(c3)OCCO4)C(=O)C(=O)N2c2nc(C)c(C(C)=O)s2)cc1OCC. The molecule has 0 unspecified atom stereocenters. The lowest BCUT2D eigenvalue weighted by Crippen LogP contribution is -2.29. The van der Waals surface area contributed by atoms with Crippen molar-refractivity contribution in [3.05, 3.63) is 76.3 Å². The number of aryl methyl sites for hydroxylation is 1. The molecule has 3 aromatic rings. The molecule has 1 amide bonds. The maximum Gasteiger partial charge on any atom is 0.301 e. The number of nitrogens with zero attached hydrogens (tertiary/aromatic N) is 2. The predicted molar refractivity (Wildman–Crippen MR) is 152 cm³/mol. The maximum absolute atomic E-state index is 13.6. The lowest BCUT2D eigenvalue weighted by atomic mass is 9.95. The molecule has 5 rings (SSSR count). The van der Waals surface area contributed by atoms with Crippen molar-refractivity contribution in [3.63, 3.8) is 0 Å². The molecule has 1 fully saturated rings. The molecule has 212 valence electrons. The fourth-order valence-electron chi connectivity index (χ4n) is 4.73. The molecule has 41 heavy (non-hydrogen) atoms. The Bertz CT molecular complexity index is 1590. The largest absolute Gasteiger partial charge is 0.507 e. The smallest absolute Gasteiger partial charge is 0.301 e. The van der Waals surface area contributed by atoms with Crippen LogP contribution in [0.15, 0.2) is 54.6 Å². The van der Waals surface area contributed by atoms with Crippen molar-refractivity contribution >= 4 is 39.7 Å². The number of ether oxygens (including phenoxy) is 4. The number of Topliss-reactive ketones (excluding diaryl/α,β-unsaturated/α-hetero) is 2. The van der Waals surface area contributed by atoms with Gasteiger partial charge in [-0.25, -0.2) is 4.98 Å². The normalized spacial score (nSPS) is 17.4. The first-order valence-corrected chi connectivity index (χ1v) is 13.8. The maximum atomic E-state index is 13.6. The minimum absolute atomic E-state index is 0.147. The van der Waals surface area contributed by atoms with Crippen LogP contribution in [0.5, 0.6) is 23.0 Å². The van der Waals surface area contributed by atoms with Gasteiger partial charge in [0.2, 0.25) is 0 Å². The Morgan fingerprint density at radius 3 is 2.59 bits per heavy atom. The molecule has 2 aliphatic rings. The molecule has 0 saturated carbocycles. The van der Waals surface area contributed by atoms with E-state index in [-0.39, 0.29) is 28.7 Å². The zero-order valence-corrected chi connectivity index (χ0v) is 23.6. The average molecular weight is 577 g/mol. The van der Waals surface area contributed by atoms with Crippen LogP contribution in [0.3, 0.4) is 0 Å². The van der Waals surface area contributed by atoms with Crippen LogP contribution < -0.4 is 23.8 Å². The van der Waals surface area contributed by atoms with Crippen LogP contribution in [0.1, 0.15) is 46.4 Å². The summed E-state index contributed by atoms with van der Waals surface area (Å²) in [6.45, 7) is 9.87. The van der Waals surface area contributed by atoms with Crippen LogP contribution in [0, 0.1) is 6.92 Å². The molecule has 1 aromatic heterocycles. The van der Waals surface area contributed by atoms with Crippen molar-refractivity contribution in [1.29, 1.82) is 0 Å². The summed E-state index contributed by atoms with van der Waals surface area (Å²) in [4.78, 5) is 45.4. The number of fused-ring (bicyclic) bond motifs is 1. The van der Waals surface area contributed by atoms with Crippen molar-refractivity contribution < 1.29 is 38.4 Å². The number of thiazole rings is 1. The summed E-state index contributed by atoms with van der Waals surface area (Å²) < 4.78 is 22.8. The third-order valence-corrected chi connectivity index (χ3v) is 7.77. The number of hydrogen-bond acceptors (Lipinski definition) is 10. The number of benzene rings is 2. The number of carbonyl (C=O) groups is 3. The van der Waals surface area contributed by atoms with Gasteiger partial charge in [0, 0.05) is 12.5 Å². The van der Waals surface area contributed by atoms with Gasteiger partial charge in [-0.05, 0) is 49.7 Å². The highest BCUT2D eigenvalue weighted by Gasteiger charge is 2.48. The molecule has 1 N–H and O–H groups in total. The van der Waals surface area contributed by atoms with Crippen molar-refractivity contribution in [3.8, 4) is 23.0 Å². The molecular weight excluding hydrogens is 548 g/mol. The summed E-state index contributed by atoms with van der Waals surface area (Å²) in [5.41, 5.74) is 1.03. The van der Waals surface area contributed by atoms with Gasteiger partial charge in [-0.1, -0.05) is 30.1 Å².